The van der Waals surface area contributed by atoms with Crippen LogP contribution in [-0.2, 0) is 4.79 Å². The summed E-state index contributed by atoms with van der Waals surface area (Å²) in [5.74, 6) is -1.71. The van der Waals surface area contributed by atoms with Gasteiger partial charge in [-0.3, -0.25) is 4.79 Å². The Morgan fingerprint density at radius 1 is 1.56 bits per heavy atom. The summed E-state index contributed by atoms with van der Waals surface area (Å²) in [5, 5.41) is 12.6. The highest BCUT2D eigenvalue weighted by molar-refractivity contribution is 7.10. The molecule has 0 radical (unpaired) electrons. The van der Waals surface area contributed by atoms with Gasteiger partial charge in [-0.15, -0.1) is 11.3 Å². The summed E-state index contributed by atoms with van der Waals surface area (Å²) >= 11 is 1.20. The van der Waals surface area contributed by atoms with Crippen molar-refractivity contribution in [2.45, 2.75) is 24.2 Å². The summed E-state index contributed by atoms with van der Waals surface area (Å²) in [7, 11) is 0. The maximum absolute atomic E-state index is 12.5. The van der Waals surface area contributed by atoms with E-state index in [2.05, 4.69) is 0 Å². The van der Waals surface area contributed by atoms with Gasteiger partial charge >= 0.3 is 6.18 Å². The number of amides is 1. The van der Waals surface area contributed by atoms with Crippen LogP contribution in [0.2, 0.25) is 0 Å². The van der Waals surface area contributed by atoms with Gasteiger partial charge in [-0.25, -0.2) is 0 Å². The van der Waals surface area contributed by atoms with E-state index in [1.807, 2.05) is 0 Å². The van der Waals surface area contributed by atoms with E-state index in [9.17, 15) is 23.1 Å². The first kappa shape index (κ1) is 11.4. The molecule has 0 saturated carbocycles. The Hall–Kier alpha value is -1.08. The van der Waals surface area contributed by atoms with Crippen molar-refractivity contribution < 1.29 is 23.1 Å². The second-order valence-corrected chi connectivity index (χ2v) is 4.60. The molecule has 0 aliphatic carbocycles. The van der Waals surface area contributed by atoms with Crippen LogP contribution < -0.4 is 5.32 Å². The van der Waals surface area contributed by atoms with Gasteiger partial charge in [0.25, 0.3) is 0 Å². The van der Waals surface area contributed by atoms with Crippen molar-refractivity contribution in [2.24, 2.45) is 0 Å². The van der Waals surface area contributed by atoms with Crippen molar-refractivity contribution in [3.8, 4) is 0 Å². The molecule has 0 aromatic carbocycles. The number of nitrogens with one attached hydrogen (secondary N) is 1. The third-order valence-electron chi connectivity index (χ3n) is 2.50. The average molecular weight is 251 g/mol. The summed E-state index contributed by atoms with van der Waals surface area (Å²) in [6.45, 7) is 0. The molecule has 88 valence electrons. The fraction of sp³-hybridized carbons (Fsp3) is 0.444. The van der Waals surface area contributed by atoms with E-state index >= 15 is 0 Å². The van der Waals surface area contributed by atoms with Crippen molar-refractivity contribution in [3.63, 3.8) is 0 Å². The SMILES string of the molecule is O=C1N[C@](O)(C(F)(F)F)C[C@@H]1c1cccs1. The Labute approximate surface area is 92.9 Å². The van der Waals surface area contributed by atoms with E-state index in [4.69, 9.17) is 0 Å². The third-order valence-corrected chi connectivity index (χ3v) is 3.49. The molecule has 0 bridgehead atoms. The maximum atomic E-state index is 12.5. The predicted molar refractivity (Wildman–Crippen MR) is 50.8 cm³/mol. The molecule has 0 unspecified atom stereocenters. The van der Waals surface area contributed by atoms with Gasteiger partial charge in [0, 0.05) is 11.3 Å². The molecule has 2 heterocycles. The fourth-order valence-electron chi connectivity index (χ4n) is 1.64. The highest BCUT2D eigenvalue weighted by atomic mass is 32.1. The zero-order valence-electron chi connectivity index (χ0n) is 7.91. The molecule has 1 aromatic heterocycles. The molecule has 0 spiro atoms. The van der Waals surface area contributed by atoms with Crippen LogP contribution in [0.5, 0.6) is 0 Å². The molecule has 7 heteroatoms. The minimum atomic E-state index is -4.85. The van der Waals surface area contributed by atoms with Gasteiger partial charge in [-0.2, -0.15) is 13.2 Å². The van der Waals surface area contributed by atoms with E-state index in [1.165, 1.54) is 11.3 Å². The van der Waals surface area contributed by atoms with Crippen LogP contribution in [0.15, 0.2) is 17.5 Å². The van der Waals surface area contributed by atoms with E-state index in [0.29, 0.717) is 4.88 Å². The molecule has 2 atom stereocenters. The van der Waals surface area contributed by atoms with Crippen LogP contribution in [0.1, 0.15) is 17.2 Å². The quantitative estimate of drug-likeness (QED) is 0.796. The van der Waals surface area contributed by atoms with Gasteiger partial charge in [-0.05, 0) is 11.4 Å². The molecular weight excluding hydrogens is 243 g/mol. The fourth-order valence-corrected chi connectivity index (χ4v) is 2.46. The van der Waals surface area contributed by atoms with Crippen molar-refractivity contribution in [1.29, 1.82) is 0 Å². The summed E-state index contributed by atoms with van der Waals surface area (Å²) in [5.41, 5.74) is -3.10. The molecule has 1 aliphatic rings. The molecule has 1 amide bonds. The van der Waals surface area contributed by atoms with Gasteiger partial charge in [-0.1, -0.05) is 6.07 Å². The molecule has 1 aliphatic heterocycles. The van der Waals surface area contributed by atoms with Crippen molar-refractivity contribution in [2.75, 3.05) is 0 Å². The lowest BCUT2D eigenvalue weighted by Crippen LogP contribution is -2.53. The number of alkyl halides is 3. The Balaban J connectivity index is 2.26. The maximum Gasteiger partial charge on any atom is 0.436 e. The summed E-state index contributed by atoms with van der Waals surface area (Å²) < 4.78 is 37.4. The van der Waals surface area contributed by atoms with E-state index in [-0.39, 0.29) is 0 Å². The number of hydrogen-bond acceptors (Lipinski definition) is 3. The van der Waals surface area contributed by atoms with Crippen LogP contribution in [0.3, 0.4) is 0 Å². The Bertz CT molecular complexity index is 403. The van der Waals surface area contributed by atoms with Crippen molar-refractivity contribution in [1.82, 2.24) is 5.32 Å². The van der Waals surface area contributed by atoms with Gasteiger partial charge in [0.05, 0.1) is 5.92 Å². The van der Waals surface area contributed by atoms with Crippen LogP contribution in [-0.4, -0.2) is 22.9 Å². The molecule has 2 rings (SSSR count). The number of carbonyl (C=O) groups is 1. The van der Waals surface area contributed by atoms with Gasteiger partial charge in [0.2, 0.25) is 11.6 Å². The number of carbonyl (C=O) groups excluding carboxylic acids is 1. The molecule has 16 heavy (non-hydrogen) atoms. The summed E-state index contributed by atoms with van der Waals surface area (Å²) in [6.07, 6.45) is -5.52. The normalized spacial score (nSPS) is 30.5. The molecule has 2 N–H and O–H groups in total. The zero-order chi connectivity index (χ0) is 12.0. The van der Waals surface area contributed by atoms with E-state index in [0.717, 1.165) is 0 Å². The second-order valence-electron chi connectivity index (χ2n) is 3.62. The van der Waals surface area contributed by atoms with Crippen LogP contribution >= 0.6 is 11.3 Å². The Morgan fingerprint density at radius 3 is 2.69 bits per heavy atom. The lowest BCUT2D eigenvalue weighted by Gasteiger charge is -2.25. The number of hydrogen-bond donors (Lipinski definition) is 2. The predicted octanol–water partition coefficient (Wildman–Crippen LogP) is 1.60. The van der Waals surface area contributed by atoms with Crippen LogP contribution in [0.4, 0.5) is 13.2 Å². The largest absolute Gasteiger partial charge is 0.436 e. The van der Waals surface area contributed by atoms with E-state index < -0.39 is 30.1 Å². The topological polar surface area (TPSA) is 49.3 Å². The average Bonchev–Trinajstić information content (AvgIpc) is 2.71. The first-order valence-electron chi connectivity index (χ1n) is 4.48. The molecule has 1 fully saturated rings. The lowest BCUT2D eigenvalue weighted by molar-refractivity contribution is -0.266. The summed E-state index contributed by atoms with van der Waals surface area (Å²) in [6, 6.07) is 3.23. The number of halogens is 3. The highest BCUT2D eigenvalue weighted by Gasteiger charge is 2.60. The molecule has 3 nitrogen and oxygen atoms in total. The van der Waals surface area contributed by atoms with Crippen LogP contribution in [0, 0.1) is 0 Å². The van der Waals surface area contributed by atoms with Gasteiger partial charge in [0.1, 0.15) is 0 Å². The van der Waals surface area contributed by atoms with E-state index in [1.54, 1.807) is 22.8 Å². The molecule has 1 saturated heterocycles. The number of rotatable bonds is 1. The number of aliphatic hydroxyl groups is 1. The molecular formula is C9H8F3NO2S. The third kappa shape index (κ3) is 1.69. The number of thiophene rings is 1. The molecule has 1 aromatic rings. The van der Waals surface area contributed by atoms with Crippen molar-refractivity contribution >= 4 is 17.2 Å². The van der Waals surface area contributed by atoms with Crippen LogP contribution in [0.25, 0.3) is 0 Å². The Morgan fingerprint density at radius 2 is 2.25 bits per heavy atom. The monoisotopic (exact) mass is 251 g/mol. The lowest BCUT2D eigenvalue weighted by atomic mass is 10.0. The first-order valence-corrected chi connectivity index (χ1v) is 5.36. The van der Waals surface area contributed by atoms with Gasteiger partial charge < -0.3 is 10.4 Å². The Kier molecular flexibility index (Phi) is 2.47. The van der Waals surface area contributed by atoms with Crippen molar-refractivity contribution in [3.05, 3.63) is 22.4 Å². The zero-order valence-corrected chi connectivity index (χ0v) is 8.73. The minimum absolute atomic E-state index is 0.526. The second kappa shape index (κ2) is 3.46. The van der Waals surface area contributed by atoms with Gasteiger partial charge in [0.15, 0.2) is 0 Å². The minimum Gasteiger partial charge on any atom is -0.363 e. The standard InChI is InChI=1S/C9H8F3NO2S/c10-9(11,12)8(15)4-5(7(14)13-8)6-2-1-3-16-6/h1-3,5,15H,4H2,(H,13,14)/t5-,8-/m1/s1. The first-order chi connectivity index (χ1) is 7.33. The smallest absolute Gasteiger partial charge is 0.363 e. The highest BCUT2D eigenvalue weighted by Crippen LogP contribution is 2.42. The summed E-state index contributed by atoms with van der Waals surface area (Å²) in [4.78, 5) is 11.9.